The van der Waals surface area contributed by atoms with E-state index in [0.29, 0.717) is 42.7 Å². The molecule has 10 nitrogen and oxygen atoms in total. The number of carbonyl (C=O) groups excluding carboxylic acids is 3. The van der Waals surface area contributed by atoms with Crippen LogP contribution in [0.4, 0.5) is 24.0 Å². The number of amides is 3. The van der Waals surface area contributed by atoms with E-state index >= 15 is 0 Å². The zero-order valence-corrected chi connectivity index (χ0v) is 22.5. The van der Waals surface area contributed by atoms with E-state index < -0.39 is 23.6 Å². The third-order valence-electron chi connectivity index (χ3n) is 6.22. The molecule has 1 fully saturated rings. The maximum atomic E-state index is 13.0. The molecule has 0 unspecified atom stereocenters. The number of piperazine rings is 1. The van der Waals surface area contributed by atoms with Crippen molar-refractivity contribution in [3.63, 3.8) is 0 Å². The first-order valence-electron chi connectivity index (χ1n) is 12.4. The highest BCUT2D eigenvalue weighted by Crippen LogP contribution is 2.32. The topological polar surface area (TPSA) is 108 Å². The molecule has 14 heteroatoms. The second kappa shape index (κ2) is 13.0. The molecule has 1 aromatic carbocycles. The standard InChI is InChI=1S/C26H28F3N5O5S/c1-38-13-11-34(24(37)21-6-3-12-39-21)16-22(35)31-25-30-19(17-40-25)15-23(36)33-9-7-32(8-10-33)20-5-2-4-18(14-20)26(27,28)29/h2-6,12,14,17H,7-11,13,15-16H2,1H3,(H,30,31,35). The van der Waals surface area contributed by atoms with Crippen LogP contribution in [0, 0.1) is 0 Å². The molecular formula is C26H28F3N5O5S. The molecule has 3 amide bonds. The second-order valence-corrected chi connectivity index (χ2v) is 9.84. The van der Waals surface area contributed by atoms with Crippen molar-refractivity contribution >= 4 is 39.9 Å². The fourth-order valence-electron chi connectivity index (χ4n) is 4.15. The van der Waals surface area contributed by atoms with E-state index in [4.69, 9.17) is 9.15 Å². The Morgan fingerprint density at radius 1 is 1.15 bits per heavy atom. The molecule has 0 radical (unpaired) electrons. The van der Waals surface area contributed by atoms with Gasteiger partial charge in [0, 0.05) is 50.9 Å². The van der Waals surface area contributed by atoms with Crippen molar-refractivity contribution < 1.29 is 36.7 Å². The lowest BCUT2D eigenvalue weighted by molar-refractivity contribution is -0.137. The second-order valence-electron chi connectivity index (χ2n) is 8.98. The van der Waals surface area contributed by atoms with E-state index in [0.717, 1.165) is 23.5 Å². The highest BCUT2D eigenvalue weighted by molar-refractivity contribution is 7.13. The van der Waals surface area contributed by atoms with Crippen LogP contribution in [0.1, 0.15) is 21.8 Å². The molecule has 0 atom stereocenters. The van der Waals surface area contributed by atoms with Gasteiger partial charge in [-0.05, 0) is 30.3 Å². The predicted octanol–water partition coefficient (Wildman–Crippen LogP) is 3.37. The Bertz CT molecular complexity index is 1310. The number of nitrogens with one attached hydrogen (secondary N) is 1. The Balaban J connectivity index is 1.27. The van der Waals surface area contributed by atoms with Crippen LogP contribution in [0.3, 0.4) is 0 Å². The molecule has 3 heterocycles. The Labute approximate surface area is 232 Å². The predicted molar refractivity (Wildman–Crippen MR) is 141 cm³/mol. The van der Waals surface area contributed by atoms with Crippen LogP contribution in [0.5, 0.6) is 0 Å². The Hall–Kier alpha value is -3.91. The molecule has 0 bridgehead atoms. The van der Waals surface area contributed by atoms with Crippen molar-refractivity contribution in [3.8, 4) is 0 Å². The van der Waals surface area contributed by atoms with E-state index in [-0.39, 0.29) is 37.8 Å². The van der Waals surface area contributed by atoms with Crippen LogP contribution in [0.15, 0.2) is 52.5 Å². The summed E-state index contributed by atoms with van der Waals surface area (Å²) in [5.41, 5.74) is 0.240. The smallest absolute Gasteiger partial charge is 0.416 e. The third kappa shape index (κ3) is 7.60. The summed E-state index contributed by atoms with van der Waals surface area (Å²) in [5.74, 6) is -0.971. The van der Waals surface area contributed by atoms with Gasteiger partial charge in [0.05, 0.1) is 30.5 Å². The number of halogens is 3. The van der Waals surface area contributed by atoms with E-state index in [2.05, 4.69) is 10.3 Å². The number of hydrogen-bond donors (Lipinski definition) is 1. The average molecular weight is 580 g/mol. The summed E-state index contributed by atoms with van der Waals surface area (Å²) in [6.45, 7) is 1.71. The number of rotatable bonds is 10. The molecule has 1 saturated heterocycles. The van der Waals surface area contributed by atoms with Gasteiger partial charge in [-0.25, -0.2) is 4.98 Å². The summed E-state index contributed by atoms with van der Waals surface area (Å²) in [6.07, 6.45) is -3.02. The number of nitrogens with zero attached hydrogens (tertiary/aromatic N) is 4. The zero-order valence-electron chi connectivity index (χ0n) is 21.6. The van der Waals surface area contributed by atoms with Gasteiger partial charge in [0.1, 0.15) is 6.54 Å². The van der Waals surface area contributed by atoms with Crippen molar-refractivity contribution in [2.45, 2.75) is 12.6 Å². The zero-order chi connectivity index (χ0) is 28.7. The monoisotopic (exact) mass is 579 g/mol. The van der Waals surface area contributed by atoms with Gasteiger partial charge in [-0.2, -0.15) is 13.2 Å². The number of hydrogen-bond acceptors (Lipinski definition) is 8. The number of thiazole rings is 1. The van der Waals surface area contributed by atoms with Crippen molar-refractivity contribution in [1.29, 1.82) is 0 Å². The van der Waals surface area contributed by atoms with E-state index in [1.807, 2.05) is 4.90 Å². The molecule has 2 aromatic heterocycles. The SMILES string of the molecule is COCCN(CC(=O)Nc1nc(CC(=O)N2CCN(c3cccc(C(F)(F)F)c3)CC2)cs1)C(=O)c1ccco1. The molecule has 0 spiro atoms. The Morgan fingerprint density at radius 2 is 1.93 bits per heavy atom. The van der Waals surface area contributed by atoms with Crippen LogP contribution in [0.2, 0.25) is 0 Å². The molecule has 40 heavy (non-hydrogen) atoms. The van der Waals surface area contributed by atoms with Gasteiger partial charge in [-0.1, -0.05) is 6.07 Å². The normalized spacial score (nSPS) is 13.8. The largest absolute Gasteiger partial charge is 0.459 e. The number of methoxy groups -OCH3 is 1. The number of alkyl halides is 3. The summed E-state index contributed by atoms with van der Waals surface area (Å²) in [7, 11) is 1.49. The Morgan fingerprint density at radius 3 is 2.60 bits per heavy atom. The number of carbonyl (C=O) groups is 3. The first-order chi connectivity index (χ1) is 19.1. The van der Waals surface area contributed by atoms with E-state index in [1.54, 1.807) is 22.4 Å². The summed E-state index contributed by atoms with van der Waals surface area (Å²) in [5, 5.41) is 4.61. The van der Waals surface area contributed by atoms with Crippen LogP contribution in [-0.2, 0) is 26.9 Å². The van der Waals surface area contributed by atoms with E-state index in [1.165, 1.54) is 30.4 Å². The van der Waals surface area contributed by atoms with Crippen LogP contribution in [0.25, 0.3) is 0 Å². The summed E-state index contributed by atoms with van der Waals surface area (Å²) < 4.78 is 49.3. The molecule has 4 rings (SSSR count). The van der Waals surface area contributed by atoms with E-state index in [9.17, 15) is 27.6 Å². The number of ether oxygens (including phenoxy) is 1. The lowest BCUT2D eigenvalue weighted by atomic mass is 10.1. The lowest BCUT2D eigenvalue weighted by Gasteiger charge is -2.36. The first kappa shape index (κ1) is 29.1. The third-order valence-corrected chi connectivity index (χ3v) is 7.03. The summed E-state index contributed by atoms with van der Waals surface area (Å²) in [6, 6.07) is 8.24. The van der Waals surface area contributed by atoms with Gasteiger partial charge in [-0.15, -0.1) is 11.3 Å². The quantitative estimate of drug-likeness (QED) is 0.393. The van der Waals surface area contributed by atoms with Crippen molar-refractivity contribution in [2.75, 3.05) is 63.2 Å². The molecule has 0 saturated carbocycles. The molecule has 1 N–H and O–H groups in total. The lowest BCUT2D eigenvalue weighted by Crippen LogP contribution is -2.49. The maximum absolute atomic E-state index is 13.0. The summed E-state index contributed by atoms with van der Waals surface area (Å²) >= 11 is 1.16. The van der Waals surface area contributed by atoms with Crippen LogP contribution >= 0.6 is 11.3 Å². The van der Waals surface area contributed by atoms with Gasteiger partial charge < -0.3 is 29.2 Å². The fourth-order valence-corrected chi connectivity index (χ4v) is 4.87. The minimum absolute atomic E-state index is 0.0207. The van der Waals surface area contributed by atoms with Gasteiger partial charge in [0.25, 0.3) is 5.91 Å². The highest BCUT2D eigenvalue weighted by atomic mass is 32.1. The number of aromatic nitrogens is 1. The van der Waals surface area contributed by atoms with Gasteiger partial charge >= 0.3 is 6.18 Å². The minimum Gasteiger partial charge on any atom is -0.459 e. The molecule has 3 aromatic rings. The minimum atomic E-state index is -4.42. The molecule has 214 valence electrons. The fraction of sp³-hybridized carbons (Fsp3) is 0.385. The Kier molecular flexibility index (Phi) is 9.42. The first-order valence-corrected chi connectivity index (χ1v) is 13.3. The van der Waals surface area contributed by atoms with Crippen molar-refractivity contribution in [3.05, 3.63) is 65.1 Å². The maximum Gasteiger partial charge on any atom is 0.416 e. The number of benzene rings is 1. The average Bonchev–Trinajstić information content (AvgIpc) is 3.63. The van der Waals surface area contributed by atoms with Crippen LogP contribution < -0.4 is 10.2 Å². The van der Waals surface area contributed by atoms with Crippen LogP contribution in [-0.4, -0.2) is 85.5 Å². The number of anilines is 2. The molecular weight excluding hydrogens is 551 g/mol. The molecule has 1 aliphatic rings. The number of furan rings is 1. The summed E-state index contributed by atoms with van der Waals surface area (Å²) in [4.78, 5) is 47.2. The van der Waals surface area contributed by atoms with Gasteiger partial charge in [0.15, 0.2) is 10.9 Å². The van der Waals surface area contributed by atoms with Crippen molar-refractivity contribution in [2.24, 2.45) is 0 Å². The van der Waals surface area contributed by atoms with Gasteiger partial charge in [0.2, 0.25) is 11.8 Å². The van der Waals surface area contributed by atoms with Crippen molar-refractivity contribution in [1.82, 2.24) is 14.8 Å². The van der Waals surface area contributed by atoms with Gasteiger partial charge in [-0.3, -0.25) is 14.4 Å². The molecule has 1 aliphatic heterocycles. The molecule has 0 aliphatic carbocycles. The highest BCUT2D eigenvalue weighted by Gasteiger charge is 2.31.